The zero-order valence-corrected chi connectivity index (χ0v) is 18.1. The zero-order chi connectivity index (χ0) is 20.8. The molecule has 2 aromatic carbocycles. The van der Waals surface area contributed by atoms with Crippen molar-refractivity contribution in [2.45, 2.75) is 24.8 Å². The van der Waals surface area contributed by atoms with E-state index >= 15 is 0 Å². The van der Waals surface area contributed by atoms with E-state index in [0.29, 0.717) is 5.56 Å². The molecule has 3 aromatic rings. The van der Waals surface area contributed by atoms with Gasteiger partial charge < -0.3 is 14.2 Å². The lowest BCUT2D eigenvalue weighted by Crippen LogP contribution is -2.21. The molecule has 3 rings (SSSR count). The van der Waals surface area contributed by atoms with Gasteiger partial charge in [0.05, 0.1) is 12.7 Å². The van der Waals surface area contributed by atoms with Gasteiger partial charge in [0.1, 0.15) is 0 Å². The fourth-order valence-corrected chi connectivity index (χ4v) is 3.97. The summed E-state index contributed by atoms with van der Waals surface area (Å²) < 4.78 is 6.74. The standard InChI is InChI=1S/C22H26N4O2S/c1-5-26(6-2)19-13-11-17(12-14-19)20-23-24-22(25(20)3)29-15-16-7-9-18(10-8-16)21(27)28-4/h7-14H,5-6,15H2,1-4H3. The predicted molar refractivity (Wildman–Crippen MR) is 117 cm³/mol. The Balaban J connectivity index is 1.68. The maximum Gasteiger partial charge on any atom is 0.337 e. The highest BCUT2D eigenvalue weighted by atomic mass is 32.2. The fourth-order valence-electron chi connectivity index (χ4n) is 3.10. The Morgan fingerprint density at radius 3 is 2.28 bits per heavy atom. The monoisotopic (exact) mass is 410 g/mol. The summed E-state index contributed by atoms with van der Waals surface area (Å²) in [6, 6.07) is 15.9. The van der Waals surface area contributed by atoms with Crippen LogP contribution in [0, 0.1) is 0 Å². The second-order valence-corrected chi connectivity index (χ2v) is 7.50. The summed E-state index contributed by atoms with van der Waals surface area (Å²) in [6.45, 7) is 6.29. The Kier molecular flexibility index (Phi) is 6.93. The molecule has 7 heteroatoms. The molecule has 0 aliphatic carbocycles. The van der Waals surface area contributed by atoms with E-state index in [-0.39, 0.29) is 5.97 Å². The average Bonchev–Trinajstić information content (AvgIpc) is 3.13. The highest BCUT2D eigenvalue weighted by molar-refractivity contribution is 7.98. The van der Waals surface area contributed by atoms with Crippen molar-refractivity contribution in [1.82, 2.24) is 14.8 Å². The van der Waals surface area contributed by atoms with Crippen molar-refractivity contribution in [3.8, 4) is 11.4 Å². The van der Waals surface area contributed by atoms with Crippen LogP contribution in [0.15, 0.2) is 53.7 Å². The number of rotatable bonds is 8. The van der Waals surface area contributed by atoms with Crippen LogP contribution in [-0.4, -0.2) is 40.9 Å². The third-order valence-corrected chi connectivity index (χ3v) is 5.92. The van der Waals surface area contributed by atoms with Crippen LogP contribution < -0.4 is 4.90 Å². The van der Waals surface area contributed by atoms with Gasteiger partial charge in [-0.25, -0.2) is 4.79 Å². The largest absolute Gasteiger partial charge is 0.465 e. The maximum atomic E-state index is 11.5. The van der Waals surface area contributed by atoms with Gasteiger partial charge in [0.15, 0.2) is 11.0 Å². The third-order valence-electron chi connectivity index (χ3n) is 4.83. The van der Waals surface area contributed by atoms with Crippen molar-refractivity contribution in [1.29, 1.82) is 0 Å². The van der Waals surface area contributed by atoms with Crippen molar-refractivity contribution >= 4 is 23.4 Å². The molecule has 29 heavy (non-hydrogen) atoms. The van der Waals surface area contributed by atoms with Crippen molar-refractivity contribution < 1.29 is 9.53 Å². The molecule has 0 saturated heterocycles. The lowest BCUT2D eigenvalue weighted by Gasteiger charge is -2.21. The number of aromatic nitrogens is 3. The molecule has 0 N–H and O–H groups in total. The number of esters is 1. The molecular weight excluding hydrogens is 384 g/mol. The van der Waals surface area contributed by atoms with Crippen molar-refractivity contribution in [2.75, 3.05) is 25.1 Å². The summed E-state index contributed by atoms with van der Waals surface area (Å²) >= 11 is 1.62. The van der Waals surface area contributed by atoms with Crippen LogP contribution in [0.25, 0.3) is 11.4 Å². The predicted octanol–water partition coefficient (Wildman–Crippen LogP) is 4.41. The summed E-state index contributed by atoms with van der Waals surface area (Å²) in [7, 11) is 3.37. The van der Waals surface area contributed by atoms with E-state index in [1.165, 1.54) is 12.8 Å². The number of carbonyl (C=O) groups excluding carboxylic acids is 1. The molecule has 0 unspecified atom stereocenters. The Morgan fingerprint density at radius 1 is 1.03 bits per heavy atom. The first-order valence-electron chi connectivity index (χ1n) is 9.62. The molecule has 0 bridgehead atoms. The van der Waals surface area contributed by atoms with E-state index in [2.05, 4.69) is 53.2 Å². The molecule has 152 valence electrons. The van der Waals surface area contributed by atoms with Crippen LogP contribution >= 0.6 is 11.8 Å². The molecule has 0 atom stereocenters. The van der Waals surface area contributed by atoms with Crippen LogP contribution in [0.4, 0.5) is 5.69 Å². The van der Waals surface area contributed by atoms with Gasteiger partial charge in [-0.15, -0.1) is 10.2 Å². The van der Waals surface area contributed by atoms with Gasteiger partial charge in [-0.05, 0) is 55.8 Å². The summed E-state index contributed by atoms with van der Waals surface area (Å²) in [5.41, 5.74) is 3.92. The number of thioether (sulfide) groups is 1. The van der Waals surface area contributed by atoms with Crippen LogP contribution in [0.1, 0.15) is 29.8 Å². The topological polar surface area (TPSA) is 60.3 Å². The molecule has 1 aromatic heterocycles. The van der Waals surface area contributed by atoms with Gasteiger partial charge in [-0.1, -0.05) is 23.9 Å². The molecule has 1 heterocycles. The Bertz CT molecular complexity index is 948. The second kappa shape index (κ2) is 9.60. The second-order valence-electron chi connectivity index (χ2n) is 6.56. The SMILES string of the molecule is CCN(CC)c1ccc(-c2nnc(SCc3ccc(C(=O)OC)cc3)n2C)cc1. The molecule has 6 nitrogen and oxygen atoms in total. The van der Waals surface area contributed by atoms with E-state index in [4.69, 9.17) is 4.74 Å². The van der Waals surface area contributed by atoms with E-state index in [1.807, 2.05) is 23.7 Å². The number of nitrogens with zero attached hydrogens (tertiary/aromatic N) is 4. The van der Waals surface area contributed by atoms with Gasteiger partial charge in [0.25, 0.3) is 0 Å². The van der Waals surface area contributed by atoms with Crippen molar-refractivity contribution in [2.24, 2.45) is 7.05 Å². The molecule has 0 radical (unpaired) electrons. The van der Waals surface area contributed by atoms with Crippen LogP contribution in [0.5, 0.6) is 0 Å². The number of carbonyl (C=O) groups is 1. The Hall–Kier alpha value is -2.80. The highest BCUT2D eigenvalue weighted by Gasteiger charge is 2.12. The summed E-state index contributed by atoms with van der Waals surface area (Å²) in [4.78, 5) is 13.8. The third kappa shape index (κ3) is 4.79. The minimum atomic E-state index is -0.325. The number of hydrogen-bond acceptors (Lipinski definition) is 6. The smallest absolute Gasteiger partial charge is 0.337 e. The summed E-state index contributed by atoms with van der Waals surface area (Å²) in [6.07, 6.45) is 0. The number of anilines is 1. The molecule has 0 aliphatic rings. The van der Waals surface area contributed by atoms with Crippen molar-refractivity contribution in [3.05, 3.63) is 59.7 Å². The minimum absolute atomic E-state index is 0.325. The molecule has 0 amide bonds. The first-order valence-corrected chi connectivity index (χ1v) is 10.6. The van der Waals surface area contributed by atoms with Gasteiger partial charge in [0, 0.05) is 37.1 Å². The molecular formula is C22H26N4O2S. The van der Waals surface area contributed by atoms with Gasteiger partial charge >= 0.3 is 5.97 Å². The minimum Gasteiger partial charge on any atom is -0.465 e. The Labute approximate surface area is 175 Å². The maximum absolute atomic E-state index is 11.5. The van der Waals surface area contributed by atoms with E-state index in [0.717, 1.165) is 41.0 Å². The first kappa shape index (κ1) is 20.9. The quantitative estimate of drug-likeness (QED) is 0.405. The Morgan fingerprint density at radius 2 is 1.69 bits per heavy atom. The van der Waals surface area contributed by atoms with E-state index in [1.54, 1.807) is 23.9 Å². The number of benzene rings is 2. The first-order chi connectivity index (χ1) is 14.1. The molecule has 0 saturated carbocycles. The number of ether oxygens (including phenoxy) is 1. The van der Waals surface area contributed by atoms with Crippen molar-refractivity contribution in [3.63, 3.8) is 0 Å². The van der Waals surface area contributed by atoms with Crippen LogP contribution in [0.2, 0.25) is 0 Å². The molecule has 0 spiro atoms. The lowest BCUT2D eigenvalue weighted by atomic mass is 10.1. The molecule has 0 fully saturated rings. The van der Waals surface area contributed by atoms with Gasteiger partial charge in [0.2, 0.25) is 0 Å². The van der Waals surface area contributed by atoms with Gasteiger partial charge in [-0.3, -0.25) is 0 Å². The lowest BCUT2D eigenvalue weighted by molar-refractivity contribution is 0.0600. The zero-order valence-electron chi connectivity index (χ0n) is 17.3. The highest BCUT2D eigenvalue weighted by Crippen LogP contribution is 2.27. The van der Waals surface area contributed by atoms with E-state index in [9.17, 15) is 4.79 Å². The van der Waals surface area contributed by atoms with Gasteiger partial charge in [-0.2, -0.15) is 0 Å². The van der Waals surface area contributed by atoms with Crippen LogP contribution in [0.3, 0.4) is 0 Å². The average molecular weight is 411 g/mol. The summed E-state index contributed by atoms with van der Waals surface area (Å²) in [5.74, 6) is 1.27. The van der Waals surface area contributed by atoms with E-state index < -0.39 is 0 Å². The summed E-state index contributed by atoms with van der Waals surface area (Å²) in [5, 5.41) is 9.58. The number of hydrogen-bond donors (Lipinski definition) is 0. The molecule has 0 aliphatic heterocycles. The fraction of sp³-hybridized carbons (Fsp3) is 0.318. The number of methoxy groups -OCH3 is 1. The normalized spacial score (nSPS) is 10.8. The van der Waals surface area contributed by atoms with Crippen LogP contribution in [-0.2, 0) is 17.5 Å².